The van der Waals surface area contributed by atoms with Gasteiger partial charge in [-0.3, -0.25) is 4.98 Å². The lowest BCUT2D eigenvalue weighted by Crippen LogP contribution is -2.18. The summed E-state index contributed by atoms with van der Waals surface area (Å²) >= 11 is 0. The zero-order valence-corrected chi connectivity index (χ0v) is 11.7. The maximum absolute atomic E-state index is 6.46. The summed E-state index contributed by atoms with van der Waals surface area (Å²) in [5, 5.41) is 1.09. The first-order chi connectivity index (χ1) is 9.70. The van der Waals surface area contributed by atoms with E-state index in [-0.39, 0.29) is 6.04 Å². The molecule has 0 radical (unpaired) electrons. The van der Waals surface area contributed by atoms with Gasteiger partial charge in [-0.2, -0.15) is 0 Å². The molecule has 0 saturated carbocycles. The number of benzene rings is 1. The number of pyridine rings is 1. The zero-order valence-electron chi connectivity index (χ0n) is 11.7. The number of fused-ring (bicyclic) bond motifs is 1. The van der Waals surface area contributed by atoms with Gasteiger partial charge >= 0.3 is 0 Å². The summed E-state index contributed by atoms with van der Waals surface area (Å²) in [6, 6.07) is 9.92. The first-order valence-corrected chi connectivity index (χ1v) is 6.83. The summed E-state index contributed by atoms with van der Waals surface area (Å²) in [5.41, 5.74) is 9.49. The molecule has 1 aromatic carbocycles. The van der Waals surface area contributed by atoms with Crippen LogP contribution in [-0.4, -0.2) is 14.5 Å². The third-order valence-corrected chi connectivity index (χ3v) is 3.58. The summed E-state index contributed by atoms with van der Waals surface area (Å²) in [4.78, 5) is 8.98. The molecular formula is C16H18N4. The van der Waals surface area contributed by atoms with Crippen molar-refractivity contribution in [2.75, 3.05) is 0 Å². The molecule has 1 unspecified atom stereocenters. The van der Waals surface area contributed by atoms with Gasteiger partial charge in [0, 0.05) is 30.0 Å². The number of aromatic nitrogens is 3. The van der Waals surface area contributed by atoms with Crippen molar-refractivity contribution in [3.8, 4) is 0 Å². The van der Waals surface area contributed by atoms with E-state index in [9.17, 15) is 0 Å². The third-order valence-electron chi connectivity index (χ3n) is 3.58. The maximum atomic E-state index is 6.46. The highest BCUT2D eigenvalue weighted by Gasteiger charge is 2.17. The average Bonchev–Trinajstić information content (AvgIpc) is 2.94. The fraction of sp³-hybridized carbons (Fsp3) is 0.250. The zero-order chi connectivity index (χ0) is 14.1. The SMILES string of the molecule is CCn1ccnc1C(N)c1cc(C)nc2ccccc12. The Morgan fingerprint density at radius 1 is 1.30 bits per heavy atom. The quantitative estimate of drug-likeness (QED) is 0.793. The monoisotopic (exact) mass is 266 g/mol. The number of hydrogen-bond acceptors (Lipinski definition) is 3. The van der Waals surface area contributed by atoms with Gasteiger partial charge in [0.2, 0.25) is 0 Å². The van der Waals surface area contributed by atoms with Crippen LogP contribution >= 0.6 is 0 Å². The molecule has 0 amide bonds. The molecule has 2 N–H and O–H groups in total. The smallest absolute Gasteiger partial charge is 0.130 e. The van der Waals surface area contributed by atoms with Crippen molar-refractivity contribution in [1.29, 1.82) is 0 Å². The molecule has 0 aliphatic rings. The topological polar surface area (TPSA) is 56.7 Å². The Hall–Kier alpha value is -2.20. The minimum absolute atomic E-state index is 0.239. The van der Waals surface area contributed by atoms with Crippen LogP contribution in [0.5, 0.6) is 0 Å². The molecule has 20 heavy (non-hydrogen) atoms. The molecule has 102 valence electrons. The lowest BCUT2D eigenvalue weighted by atomic mass is 10.0. The molecule has 1 atom stereocenters. The first kappa shape index (κ1) is 12.8. The Morgan fingerprint density at radius 2 is 2.10 bits per heavy atom. The number of imidazole rings is 1. The van der Waals surface area contributed by atoms with E-state index in [2.05, 4.69) is 33.6 Å². The molecule has 2 heterocycles. The largest absolute Gasteiger partial charge is 0.334 e. The highest BCUT2D eigenvalue weighted by atomic mass is 15.1. The summed E-state index contributed by atoms with van der Waals surface area (Å²) in [7, 11) is 0. The summed E-state index contributed by atoms with van der Waals surface area (Å²) in [5.74, 6) is 0.892. The van der Waals surface area contributed by atoms with Crippen LogP contribution in [0.1, 0.15) is 30.0 Å². The lowest BCUT2D eigenvalue weighted by molar-refractivity contribution is 0.658. The van der Waals surface area contributed by atoms with Crippen molar-refractivity contribution in [1.82, 2.24) is 14.5 Å². The highest BCUT2D eigenvalue weighted by Crippen LogP contribution is 2.26. The number of aryl methyl sites for hydroxylation is 2. The number of nitrogens with zero attached hydrogens (tertiary/aromatic N) is 3. The van der Waals surface area contributed by atoms with Crippen molar-refractivity contribution in [3.05, 3.63) is 59.8 Å². The van der Waals surface area contributed by atoms with Crippen molar-refractivity contribution >= 4 is 10.9 Å². The minimum atomic E-state index is -0.239. The molecule has 3 aromatic rings. The molecule has 3 rings (SSSR count). The maximum Gasteiger partial charge on any atom is 0.130 e. The van der Waals surface area contributed by atoms with Gasteiger partial charge in [-0.1, -0.05) is 18.2 Å². The molecule has 0 spiro atoms. The average molecular weight is 266 g/mol. The van der Waals surface area contributed by atoms with Crippen molar-refractivity contribution in [2.45, 2.75) is 26.4 Å². The second-order valence-corrected chi connectivity index (χ2v) is 4.92. The summed E-state index contributed by atoms with van der Waals surface area (Å²) < 4.78 is 2.08. The molecule has 4 heteroatoms. The van der Waals surface area contributed by atoms with Crippen LogP contribution in [0.15, 0.2) is 42.7 Å². The molecule has 4 nitrogen and oxygen atoms in total. The molecule has 0 bridgehead atoms. The van der Waals surface area contributed by atoms with E-state index in [1.54, 1.807) is 6.20 Å². The van der Waals surface area contributed by atoms with Crippen LogP contribution in [0.3, 0.4) is 0 Å². The predicted octanol–water partition coefficient (Wildman–Crippen LogP) is 2.81. The normalized spacial score (nSPS) is 12.8. The highest BCUT2D eigenvalue weighted by molar-refractivity contribution is 5.83. The Morgan fingerprint density at radius 3 is 2.90 bits per heavy atom. The fourth-order valence-electron chi connectivity index (χ4n) is 2.60. The molecule has 0 aliphatic heterocycles. The van der Waals surface area contributed by atoms with Gasteiger partial charge in [0.05, 0.1) is 11.6 Å². The standard InChI is InChI=1S/C16H18N4/c1-3-20-9-8-18-16(20)15(17)13-10-11(2)19-14-7-5-4-6-12(13)14/h4-10,15H,3,17H2,1-2H3. The Bertz CT molecular complexity index is 745. The van der Waals surface area contributed by atoms with Gasteiger partial charge in [-0.15, -0.1) is 0 Å². The number of hydrogen-bond donors (Lipinski definition) is 1. The first-order valence-electron chi connectivity index (χ1n) is 6.83. The van der Waals surface area contributed by atoms with E-state index in [0.29, 0.717) is 0 Å². The van der Waals surface area contributed by atoms with Gasteiger partial charge < -0.3 is 10.3 Å². The number of nitrogens with two attached hydrogens (primary N) is 1. The molecular weight excluding hydrogens is 248 g/mol. The molecule has 0 fully saturated rings. The van der Waals surface area contributed by atoms with E-state index in [4.69, 9.17) is 5.73 Å². The van der Waals surface area contributed by atoms with Gasteiger partial charge in [0.25, 0.3) is 0 Å². The van der Waals surface area contributed by atoms with Crippen LogP contribution in [-0.2, 0) is 6.54 Å². The summed E-state index contributed by atoms with van der Waals surface area (Å²) in [6.07, 6.45) is 3.76. The predicted molar refractivity (Wildman–Crippen MR) is 80.4 cm³/mol. The van der Waals surface area contributed by atoms with Gasteiger partial charge in [0.1, 0.15) is 5.82 Å². The summed E-state index contributed by atoms with van der Waals surface area (Å²) in [6.45, 7) is 4.95. The minimum Gasteiger partial charge on any atom is -0.334 e. The number of rotatable bonds is 3. The van der Waals surface area contributed by atoms with Crippen LogP contribution in [0.25, 0.3) is 10.9 Å². The third kappa shape index (κ3) is 2.08. The Balaban J connectivity index is 2.18. The number of para-hydroxylation sites is 1. The van der Waals surface area contributed by atoms with Crippen LogP contribution in [0.4, 0.5) is 0 Å². The van der Waals surface area contributed by atoms with Crippen molar-refractivity contribution in [3.63, 3.8) is 0 Å². The van der Waals surface area contributed by atoms with Crippen LogP contribution in [0.2, 0.25) is 0 Å². The lowest BCUT2D eigenvalue weighted by Gasteiger charge is -2.16. The molecule has 0 saturated heterocycles. The van der Waals surface area contributed by atoms with E-state index in [1.807, 2.05) is 31.3 Å². The second kappa shape index (κ2) is 5.06. The fourth-order valence-corrected chi connectivity index (χ4v) is 2.60. The van der Waals surface area contributed by atoms with Gasteiger partial charge in [-0.05, 0) is 31.5 Å². The van der Waals surface area contributed by atoms with Crippen molar-refractivity contribution in [2.24, 2.45) is 5.73 Å². The van der Waals surface area contributed by atoms with E-state index in [0.717, 1.165) is 34.5 Å². The van der Waals surface area contributed by atoms with E-state index < -0.39 is 0 Å². The van der Waals surface area contributed by atoms with Crippen LogP contribution in [0, 0.1) is 6.92 Å². The van der Waals surface area contributed by atoms with Crippen LogP contribution < -0.4 is 5.73 Å². The van der Waals surface area contributed by atoms with Gasteiger partial charge in [-0.25, -0.2) is 4.98 Å². The second-order valence-electron chi connectivity index (χ2n) is 4.92. The van der Waals surface area contributed by atoms with Gasteiger partial charge in [0.15, 0.2) is 0 Å². The van der Waals surface area contributed by atoms with Crippen molar-refractivity contribution < 1.29 is 0 Å². The Kier molecular flexibility index (Phi) is 3.24. The van der Waals surface area contributed by atoms with E-state index >= 15 is 0 Å². The molecule has 2 aromatic heterocycles. The Labute approximate surface area is 118 Å². The van der Waals surface area contributed by atoms with E-state index in [1.165, 1.54) is 0 Å². The molecule has 0 aliphatic carbocycles.